The van der Waals surface area contributed by atoms with Gasteiger partial charge in [-0.05, 0) is 86.8 Å². The molecule has 5 heterocycles. The SMILES string of the molecule is COc1ccc([C@H](Cc2c(C)c[nH+]cc2Cl)OC(=O)c2ccc(CNC(C(=O)OCC34CCN(CC3)CC4)c3ccccc3)s2)cc1OC. The number of aromatic amines is 1. The third-order valence-electron chi connectivity index (χ3n) is 9.80. The zero-order chi connectivity index (χ0) is 34.4. The number of aromatic nitrogens is 1. The fraction of sp³-hybridized carbons (Fsp3) is 0.395. The van der Waals surface area contributed by atoms with E-state index in [9.17, 15) is 9.59 Å². The van der Waals surface area contributed by atoms with E-state index in [0.29, 0.717) is 41.0 Å². The number of fused-ring (bicyclic) bond motifs is 3. The fourth-order valence-corrected chi connectivity index (χ4v) is 7.83. The van der Waals surface area contributed by atoms with Gasteiger partial charge >= 0.3 is 11.9 Å². The van der Waals surface area contributed by atoms with Crippen LogP contribution in [0.5, 0.6) is 11.5 Å². The molecule has 3 aliphatic rings. The van der Waals surface area contributed by atoms with Crippen molar-refractivity contribution in [2.75, 3.05) is 40.5 Å². The molecule has 2 bridgehead atoms. The zero-order valence-corrected chi connectivity index (χ0v) is 29.7. The third kappa shape index (κ3) is 8.27. The Morgan fingerprint density at radius 2 is 1.69 bits per heavy atom. The number of carbonyl (C=O) groups is 2. The number of piperidine rings is 3. The first-order chi connectivity index (χ1) is 23.8. The number of ether oxygens (including phenoxy) is 4. The van der Waals surface area contributed by atoms with E-state index in [1.54, 1.807) is 32.5 Å². The lowest BCUT2D eigenvalue weighted by Crippen LogP contribution is -2.50. The van der Waals surface area contributed by atoms with E-state index in [0.717, 1.165) is 66.0 Å². The van der Waals surface area contributed by atoms with Crippen molar-refractivity contribution in [2.45, 2.75) is 51.3 Å². The lowest BCUT2D eigenvalue weighted by atomic mass is 9.73. The van der Waals surface area contributed by atoms with Gasteiger partial charge in [-0.2, -0.15) is 0 Å². The molecule has 0 radical (unpaired) electrons. The zero-order valence-electron chi connectivity index (χ0n) is 28.1. The normalized spacial score (nSPS) is 19.6. The summed E-state index contributed by atoms with van der Waals surface area (Å²) in [7, 11) is 3.14. The van der Waals surface area contributed by atoms with E-state index in [2.05, 4.69) is 15.2 Å². The molecule has 0 saturated carbocycles. The number of esters is 2. The molecule has 2 N–H and O–H groups in total. The van der Waals surface area contributed by atoms with Gasteiger partial charge in [-0.15, -0.1) is 11.3 Å². The molecule has 3 fully saturated rings. The minimum Gasteiger partial charge on any atom is -0.493 e. The number of nitrogens with one attached hydrogen (secondary N) is 2. The second-order valence-electron chi connectivity index (χ2n) is 12.9. The summed E-state index contributed by atoms with van der Waals surface area (Å²) in [6, 6.07) is 18.1. The van der Waals surface area contributed by atoms with Gasteiger partial charge in [-0.25, -0.2) is 14.6 Å². The molecule has 49 heavy (non-hydrogen) atoms. The number of thiophene rings is 1. The van der Waals surface area contributed by atoms with E-state index >= 15 is 0 Å². The first kappa shape index (κ1) is 34.9. The lowest BCUT2D eigenvalue weighted by molar-refractivity contribution is -0.378. The van der Waals surface area contributed by atoms with Crippen molar-refractivity contribution in [3.8, 4) is 11.5 Å². The summed E-state index contributed by atoms with van der Waals surface area (Å²) in [5, 5.41) is 3.96. The Morgan fingerprint density at radius 1 is 0.959 bits per heavy atom. The number of halogens is 1. The summed E-state index contributed by atoms with van der Waals surface area (Å²) >= 11 is 7.90. The number of rotatable bonds is 14. The number of hydrogen-bond donors (Lipinski definition) is 1. The second kappa shape index (κ2) is 15.7. The Kier molecular flexibility index (Phi) is 11.2. The van der Waals surface area contributed by atoms with E-state index < -0.39 is 18.1 Å². The van der Waals surface area contributed by atoms with Gasteiger partial charge in [0, 0.05) is 28.8 Å². The topological polar surface area (TPSA) is 100 Å². The van der Waals surface area contributed by atoms with Gasteiger partial charge in [-0.3, -0.25) is 5.32 Å². The van der Waals surface area contributed by atoms with Gasteiger partial charge in [0.2, 0.25) is 0 Å². The molecular weight excluding hydrogens is 662 g/mol. The maximum atomic E-state index is 13.6. The molecule has 9 nitrogen and oxygen atoms in total. The predicted molar refractivity (Wildman–Crippen MR) is 188 cm³/mol. The highest BCUT2D eigenvalue weighted by molar-refractivity contribution is 7.13. The molecule has 4 aromatic rings. The number of benzene rings is 2. The molecule has 2 aromatic heterocycles. The summed E-state index contributed by atoms with van der Waals surface area (Å²) in [6.45, 7) is 6.02. The molecule has 3 aliphatic heterocycles. The highest BCUT2D eigenvalue weighted by Gasteiger charge is 2.41. The van der Waals surface area contributed by atoms with Crippen LogP contribution in [0.1, 0.15) is 68.2 Å². The van der Waals surface area contributed by atoms with E-state index in [1.165, 1.54) is 11.3 Å². The van der Waals surface area contributed by atoms with Crippen LogP contribution in [0.3, 0.4) is 0 Å². The van der Waals surface area contributed by atoms with Crippen molar-refractivity contribution >= 4 is 34.9 Å². The first-order valence-electron chi connectivity index (χ1n) is 16.6. The number of carbonyl (C=O) groups excluding carboxylic acids is 2. The highest BCUT2D eigenvalue weighted by atomic mass is 35.5. The Balaban J connectivity index is 1.15. The van der Waals surface area contributed by atoms with Crippen molar-refractivity contribution < 1.29 is 33.5 Å². The molecule has 2 aromatic carbocycles. The number of methoxy groups -OCH3 is 2. The maximum absolute atomic E-state index is 13.6. The van der Waals surface area contributed by atoms with Gasteiger partial charge in [0.1, 0.15) is 22.0 Å². The van der Waals surface area contributed by atoms with E-state index in [-0.39, 0.29) is 11.4 Å². The van der Waals surface area contributed by atoms with Crippen LogP contribution in [0.2, 0.25) is 5.02 Å². The summed E-state index contributed by atoms with van der Waals surface area (Å²) in [6.07, 6.45) is 6.50. The van der Waals surface area contributed by atoms with E-state index in [4.69, 9.17) is 30.5 Å². The Morgan fingerprint density at radius 3 is 2.39 bits per heavy atom. The number of nitrogens with zero attached hydrogens (tertiary/aromatic N) is 1. The first-order valence-corrected chi connectivity index (χ1v) is 17.8. The monoisotopic (exact) mass is 704 g/mol. The van der Waals surface area contributed by atoms with Gasteiger partial charge in [0.05, 0.1) is 20.8 Å². The maximum Gasteiger partial charge on any atom is 0.348 e. The number of H-pyrrole nitrogens is 1. The number of pyridine rings is 1. The van der Waals surface area contributed by atoms with Crippen LogP contribution < -0.4 is 19.8 Å². The largest absolute Gasteiger partial charge is 0.493 e. The number of aryl methyl sites for hydroxylation is 1. The van der Waals surface area contributed by atoms with Crippen LogP contribution in [0.15, 0.2) is 73.1 Å². The molecule has 258 valence electrons. The molecule has 3 saturated heterocycles. The van der Waals surface area contributed by atoms with Crippen LogP contribution in [0, 0.1) is 12.3 Å². The van der Waals surface area contributed by atoms with Gasteiger partial charge in [-0.1, -0.05) is 48.0 Å². The molecule has 11 heteroatoms. The Bertz CT molecular complexity index is 1720. The van der Waals surface area contributed by atoms with Crippen LogP contribution in [0.25, 0.3) is 0 Å². The minimum absolute atomic E-state index is 0.0897. The fourth-order valence-electron chi connectivity index (χ4n) is 6.70. The van der Waals surface area contributed by atoms with Gasteiger partial charge in [0.25, 0.3) is 0 Å². The predicted octanol–water partition coefficient (Wildman–Crippen LogP) is 6.54. The third-order valence-corrected chi connectivity index (χ3v) is 11.2. The molecule has 0 spiro atoms. The molecule has 2 atom stereocenters. The van der Waals surface area contributed by atoms with E-state index in [1.807, 2.05) is 61.7 Å². The van der Waals surface area contributed by atoms with Crippen molar-refractivity contribution in [3.05, 3.63) is 110 Å². The molecule has 0 aliphatic carbocycles. The molecule has 1 unspecified atom stereocenters. The second-order valence-corrected chi connectivity index (χ2v) is 14.4. The summed E-state index contributed by atoms with van der Waals surface area (Å²) in [4.78, 5) is 34.0. The van der Waals surface area contributed by atoms with Crippen molar-refractivity contribution in [2.24, 2.45) is 5.41 Å². The average molecular weight is 705 g/mol. The van der Waals surface area contributed by atoms with Crippen LogP contribution in [-0.4, -0.2) is 57.3 Å². The molecule has 0 amide bonds. The molecular formula is C38H43ClN3O6S+. The summed E-state index contributed by atoms with van der Waals surface area (Å²) in [5.41, 5.74) is 3.50. The molecule has 7 rings (SSSR count). The average Bonchev–Trinajstić information content (AvgIpc) is 3.62. The quantitative estimate of drug-likeness (QED) is 0.148. The van der Waals surface area contributed by atoms with Crippen LogP contribution in [0.4, 0.5) is 0 Å². The number of hydrogen-bond acceptors (Lipinski definition) is 9. The van der Waals surface area contributed by atoms with Crippen molar-refractivity contribution in [3.63, 3.8) is 0 Å². The van der Waals surface area contributed by atoms with Gasteiger partial charge in [0.15, 0.2) is 23.9 Å². The highest BCUT2D eigenvalue weighted by Crippen LogP contribution is 2.40. The standard InChI is InChI=1S/C38H42ClN3O6S/c1-25-21-40-23-30(39)29(25)20-32(27-9-11-31(45-2)33(19-27)46-3)48-36(43)34-12-10-28(49-34)22-41-35(26-7-5-4-6-8-26)37(44)47-24-38-13-16-42(17-14-38)18-15-38/h4-12,19,21,23,32,35,41H,13-18,20,22,24H2,1-3H3/p+1/t32-,35?/m0/s1. The Hall–Kier alpha value is -3.96. The lowest BCUT2D eigenvalue weighted by Gasteiger charge is -2.48. The Labute approximate surface area is 296 Å². The summed E-state index contributed by atoms with van der Waals surface area (Å²) < 4.78 is 23.1. The van der Waals surface area contributed by atoms with Crippen LogP contribution in [-0.2, 0) is 27.2 Å². The smallest absolute Gasteiger partial charge is 0.348 e. The van der Waals surface area contributed by atoms with Crippen molar-refractivity contribution in [1.82, 2.24) is 10.2 Å². The van der Waals surface area contributed by atoms with Crippen LogP contribution >= 0.6 is 22.9 Å². The summed E-state index contributed by atoms with van der Waals surface area (Å²) in [5.74, 6) is 0.371. The minimum atomic E-state index is -0.650. The van der Waals surface area contributed by atoms with Crippen molar-refractivity contribution in [1.29, 1.82) is 0 Å². The van der Waals surface area contributed by atoms with Gasteiger partial charge < -0.3 is 23.8 Å².